The van der Waals surface area contributed by atoms with Crippen LogP contribution in [0.25, 0.3) is 0 Å². The van der Waals surface area contributed by atoms with Gasteiger partial charge in [-0.3, -0.25) is 4.79 Å². The van der Waals surface area contributed by atoms with E-state index in [0.29, 0.717) is 0 Å². The molecule has 0 bridgehead atoms. The van der Waals surface area contributed by atoms with E-state index in [4.69, 9.17) is 0 Å². The quantitative estimate of drug-likeness (QED) is 0.726. The highest BCUT2D eigenvalue weighted by molar-refractivity contribution is 14.1. The molecule has 2 heterocycles. The summed E-state index contributed by atoms with van der Waals surface area (Å²) in [7, 11) is 1.93. The SMILES string of the molecule is CC1CCN(C(=O)c2cc(I)cn2C)CC1. The van der Waals surface area contributed by atoms with Crippen LogP contribution < -0.4 is 0 Å². The molecule has 3 nitrogen and oxygen atoms in total. The van der Waals surface area contributed by atoms with Gasteiger partial charge in [-0.15, -0.1) is 0 Å². The molecular formula is C12H17IN2O. The molecule has 0 unspecified atom stereocenters. The Morgan fingerprint density at radius 1 is 1.44 bits per heavy atom. The number of rotatable bonds is 1. The van der Waals surface area contributed by atoms with Crippen LogP contribution in [-0.2, 0) is 7.05 Å². The molecule has 16 heavy (non-hydrogen) atoms. The standard InChI is InChI=1S/C12H17IN2O/c1-9-3-5-15(6-4-9)12(16)11-7-10(13)8-14(11)2/h7-9H,3-6H2,1-2H3. The lowest BCUT2D eigenvalue weighted by Gasteiger charge is -2.30. The van der Waals surface area contributed by atoms with Gasteiger partial charge in [-0.05, 0) is 47.4 Å². The van der Waals surface area contributed by atoms with Crippen LogP contribution >= 0.6 is 22.6 Å². The zero-order valence-electron chi connectivity index (χ0n) is 9.74. The minimum absolute atomic E-state index is 0.178. The molecule has 4 heteroatoms. The fourth-order valence-corrected chi connectivity index (χ4v) is 2.82. The lowest BCUT2D eigenvalue weighted by atomic mass is 9.99. The Kier molecular flexibility index (Phi) is 3.56. The fourth-order valence-electron chi connectivity index (χ4n) is 2.11. The summed E-state index contributed by atoms with van der Waals surface area (Å²) in [5.74, 6) is 0.940. The van der Waals surface area contributed by atoms with Gasteiger partial charge in [0.25, 0.3) is 5.91 Å². The molecule has 1 aromatic heterocycles. The number of piperidine rings is 1. The number of aromatic nitrogens is 1. The summed E-state index contributed by atoms with van der Waals surface area (Å²) in [5.41, 5.74) is 0.805. The zero-order valence-corrected chi connectivity index (χ0v) is 11.9. The van der Waals surface area contributed by atoms with E-state index in [0.717, 1.165) is 41.1 Å². The van der Waals surface area contributed by atoms with E-state index in [1.807, 2.05) is 28.8 Å². The smallest absolute Gasteiger partial charge is 0.270 e. The van der Waals surface area contributed by atoms with Crippen LogP contribution in [0.3, 0.4) is 0 Å². The molecule has 1 aliphatic heterocycles. The highest BCUT2D eigenvalue weighted by Gasteiger charge is 2.23. The van der Waals surface area contributed by atoms with Crippen LogP contribution in [0.2, 0.25) is 0 Å². The molecule has 0 spiro atoms. The van der Waals surface area contributed by atoms with Crippen LogP contribution in [0.15, 0.2) is 12.3 Å². The Hall–Kier alpha value is -0.520. The Morgan fingerprint density at radius 3 is 2.56 bits per heavy atom. The van der Waals surface area contributed by atoms with Crippen molar-refractivity contribution in [1.29, 1.82) is 0 Å². The first-order valence-electron chi connectivity index (χ1n) is 5.69. The number of nitrogens with zero attached hydrogens (tertiary/aromatic N) is 2. The van der Waals surface area contributed by atoms with E-state index < -0.39 is 0 Å². The van der Waals surface area contributed by atoms with Crippen molar-refractivity contribution in [2.24, 2.45) is 13.0 Å². The van der Waals surface area contributed by atoms with E-state index in [9.17, 15) is 4.79 Å². The summed E-state index contributed by atoms with van der Waals surface area (Å²) < 4.78 is 3.04. The van der Waals surface area contributed by atoms with Crippen molar-refractivity contribution < 1.29 is 4.79 Å². The van der Waals surface area contributed by atoms with Gasteiger partial charge in [-0.25, -0.2) is 0 Å². The molecule has 88 valence electrons. The summed E-state index contributed by atoms with van der Waals surface area (Å²) in [4.78, 5) is 14.2. The molecule has 0 aliphatic carbocycles. The van der Waals surface area contributed by atoms with Crippen LogP contribution in [0.5, 0.6) is 0 Å². The average Bonchev–Trinajstić information content (AvgIpc) is 2.58. The Balaban J connectivity index is 2.10. The van der Waals surface area contributed by atoms with Crippen molar-refractivity contribution in [3.05, 3.63) is 21.5 Å². The molecule has 2 rings (SSSR count). The van der Waals surface area contributed by atoms with Crippen LogP contribution in [0, 0.1) is 9.49 Å². The summed E-state index contributed by atoms with van der Waals surface area (Å²) >= 11 is 2.24. The first-order valence-corrected chi connectivity index (χ1v) is 6.77. The van der Waals surface area contributed by atoms with Gasteiger partial charge in [0.2, 0.25) is 0 Å². The average molecular weight is 332 g/mol. The second-order valence-electron chi connectivity index (χ2n) is 4.63. The summed E-state index contributed by atoms with van der Waals surface area (Å²) in [6, 6.07) is 1.96. The lowest BCUT2D eigenvalue weighted by molar-refractivity contribution is 0.0687. The van der Waals surface area contributed by atoms with Crippen molar-refractivity contribution >= 4 is 28.5 Å². The lowest BCUT2D eigenvalue weighted by Crippen LogP contribution is -2.38. The van der Waals surface area contributed by atoms with Gasteiger partial charge >= 0.3 is 0 Å². The number of hydrogen-bond donors (Lipinski definition) is 0. The molecule has 0 N–H and O–H groups in total. The highest BCUT2D eigenvalue weighted by Crippen LogP contribution is 2.19. The van der Waals surface area contributed by atoms with Crippen LogP contribution in [0.4, 0.5) is 0 Å². The predicted molar refractivity (Wildman–Crippen MR) is 72.4 cm³/mol. The van der Waals surface area contributed by atoms with E-state index >= 15 is 0 Å². The molecular weight excluding hydrogens is 315 g/mol. The third kappa shape index (κ3) is 2.42. The summed E-state index contributed by atoms with van der Waals surface area (Å²) in [6.45, 7) is 4.07. The first-order chi connectivity index (χ1) is 7.58. The minimum atomic E-state index is 0.178. The maximum atomic E-state index is 12.2. The van der Waals surface area contributed by atoms with Gasteiger partial charge in [0.15, 0.2) is 0 Å². The van der Waals surface area contributed by atoms with Crippen molar-refractivity contribution in [2.45, 2.75) is 19.8 Å². The Morgan fingerprint density at radius 2 is 2.06 bits per heavy atom. The monoisotopic (exact) mass is 332 g/mol. The van der Waals surface area contributed by atoms with Gasteiger partial charge in [0, 0.05) is 29.9 Å². The number of carbonyl (C=O) groups excluding carboxylic acids is 1. The fraction of sp³-hybridized carbons (Fsp3) is 0.583. The predicted octanol–water partition coefficient (Wildman–Crippen LogP) is 2.50. The van der Waals surface area contributed by atoms with E-state index in [-0.39, 0.29) is 5.91 Å². The largest absolute Gasteiger partial charge is 0.346 e. The Labute approximate surface area is 110 Å². The van der Waals surface area contributed by atoms with Gasteiger partial charge in [0.05, 0.1) is 0 Å². The third-order valence-electron chi connectivity index (χ3n) is 3.26. The molecule has 1 saturated heterocycles. The van der Waals surface area contributed by atoms with E-state index in [1.54, 1.807) is 0 Å². The molecule has 0 aromatic carbocycles. The number of likely N-dealkylation sites (tertiary alicyclic amines) is 1. The summed E-state index contributed by atoms with van der Waals surface area (Å²) in [5, 5.41) is 0. The third-order valence-corrected chi connectivity index (χ3v) is 3.85. The van der Waals surface area contributed by atoms with E-state index in [2.05, 4.69) is 29.5 Å². The molecule has 1 aliphatic rings. The second kappa shape index (κ2) is 4.77. The van der Waals surface area contributed by atoms with Crippen molar-refractivity contribution in [1.82, 2.24) is 9.47 Å². The first kappa shape index (κ1) is 12.0. The number of hydrogen-bond acceptors (Lipinski definition) is 1. The Bertz CT molecular complexity index is 392. The normalized spacial score (nSPS) is 17.8. The van der Waals surface area contributed by atoms with Gasteiger partial charge < -0.3 is 9.47 Å². The highest BCUT2D eigenvalue weighted by atomic mass is 127. The van der Waals surface area contributed by atoms with Crippen molar-refractivity contribution in [3.63, 3.8) is 0 Å². The molecule has 0 radical (unpaired) electrons. The van der Waals surface area contributed by atoms with Crippen LogP contribution in [0.1, 0.15) is 30.3 Å². The maximum Gasteiger partial charge on any atom is 0.270 e. The zero-order chi connectivity index (χ0) is 11.7. The maximum absolute atomic E-state index is 12.2. The van der Waals surface area contributed by atoms with Gasteiger partial charge in [-0.1, -0.05) is 6.92 Å². The topological polar surface area (TPSA) is 25.2 Å². The minimum Gasteiger partial charge on any atom is -0.346 e. The molecule has 1 aromatic rings. The molecule has 0 atom stereocenters. The summed E-state index contributed by atoms with van der Waals surface area (Å²) in [6.07, 6.45) is 4.25. The van der Waals surface area contributed by atoms with Gasteiger partial charge in [0.1, 0.15) is 5.69 Å². The van der Waals surface area contributed by atoms with E-state index in [1.165, 1.54) is 0 Å². The molecule has 1 amide bonds. The van der Waals surface area contributed by atoms with Crippen molar-refractivity contribution in [3.8, 4) is 0 Å². The number of amides is 1. The van der Waals surface area contributed by atoms with Gasteiger partial charge in [-0.2, -0.15) is 0 Å². The number of aryl methyl sites for hydroxylation is 1. The van der Waals surface area contributed by atoms with Crippen molar-refractivity contribution in [2.75, 3.05) is 13.1 Å². The molecule has 0 saturated carbocycles. The second-order valence-corrected chi connectivity index (χ2v) is 5.87. The number of carbonyl (C=O) groups is 1. The number of halogens is 1. The molecule has 1 fully saturated rings. The van der Waals surface area contributed by atoms with Crippen LogP contribution in [-0.4, -0.2) is 28.5 Å².